The number of hydrogen-bond donors (Lipinski definition) is 1. The number of nitrogen functional groups attached to an aromatic ring is 1. The van der Waals surface area contributed by atoms with Crippen LogP contribution in [0, 0.1) is 6.92 Å². The maximum Gasteiger partial charge on any atom is 0.137 e. The van der Waals surface area contributed by atoms with Crippen molar-refractivity contribution in [2.24, 2.45) is 0 Å². The second-order valence-corrected chi connectivity index (χ2v) is 3.90. The number of nitrogens with two attached hydrogens (primary N) is 1. The van der Waals surface area contributed by atoms with Crippen LogP contribution < -0.4 is 10.6 Å². The minimum atomic E-state index is 0.572. The highest BCUT2D eigenvalue weighted by molar-refractivity contribution is 5.56. The van der Waals surface area contributed by atoms with Gasteiger partial charge >= 0.3 is 0 Å². The lowest BCUT2D eigenvalue weighted by molar-refractivity contribution is 0.205. The van der Waals surface area contributed by atoms with Crippen molar-refractivity contribution in [3.8, 4) is 0 Å². The summed E-state index contributed by atoms with van der Waals surface area (Å²) < 4.78 is 5.11. The number of aromatic nitrogens is 2. The van der Waals surface area contributed by atoms with E-state index in [1.165, 1.54) is 0 Å². The molecule has 0 aliphatic carbocycles. The van der Waals surface area contributed by atoms with E-state index in [9.17, 15) is 0 Å². The van der Waals surface area contributed by atoms with Gasteiger partial charge in [0.25, 0.3) is 0 Å². The molecule has 0 amide bonds. The number of methoxy groups -OCH3 is 1. The van der Waals surface area contributed by atoms with E-state index in [0.29, 0.717) is 12.4 Å². The van der Waals surface area contributed by atoms with E-state index >= 15 is 0 Å². The summed E-state index contributed by atoms with van der Waals surface area (Å²) in [6, 6.07) is 0. The first-order valence-corrected chi connectivity index (χ1v) is 6.00. The summed E-state index contributed by atoms with van der Waals surface area (Å²) in [4.78, 5) is 11.0. The minimum absolute atomic E-state index is 0.572. The van der Waals surface area contributed by atoms with Crippen molar-refractivity contribution < 1.29 is 4.74 Å². The number of hydrogen-bond acceptors (Lipinski definition) is 5. The Morgan fingerprint density at radius 3 is 2.53 bits per heavy atom. The monoisotopic (exact) mass is 238 g/mol. The Bertz CT molecular complexity index is 368. The van der Waals surface area contributed by atoms with Gasteiger partial charge in [0.1, 0.15) is 17.5 Å². The fourth-order valence-corrected chi connectivity index (χ4v) is 1.65. The molecule has 1 aromatic rings. The average molecular weight is 238 g/mol. The molecule has 0 spiro atoms. The normalized spacial score (nSPS) is 10.6. The van der Waals surface area contributed by atoms with Gasteiger partial charge in [-0.15, -0.1) is 0 Å². The molecule has 5 heteroatoms. The van der Waals surface area contributed by atoms with Crippen LogP contribution in [0.1, 0.15) is 25.2 Å². The first-order chi connectivity index (χ1) is 8.13. The molecular formula is C12H22N4O. The molecule has 5 nitrogen and oxygen atoms in total. The van der Waals surface area contributed by atoms with Crippen molar-refractivity contribution in [1.29, 1.82) is 0 Å². The zero-order valence-corrected chi connectivity index (χ0v) is 11.2. The number of likely N-dealkylation sites (N-methyl/N-ethyl adjacent to an activating group) is 1. The van der Waals surface area contributed by atoms with E-state index in [1.807, 2.05) is 13.8 Å². The number of aryl methyl sites for hydroxylation is 1. The predicted octanol–water partition coefficient (Wildman–Crippen LogP) is 1.40. The molecule has 17 heavy (non-hydrogen) atoms. The van der Waals surface area contributed by atoms with Crippen LogP contribution in [0.25, 0.3) is 0 Å². The largest absolute Gasteiger partial charge is 0.383 e. The molecular weight excluding hydrogens is 216 g/mol. The van der Waals surface area contributed by atoms with E-state index in [2.05, 4.69) is 21.8 Å². The Morgan fingerprint density at radius 2 is 2.00 bits per heavy atom. The third kappa shape index (κ3) is 3.30. The van der Waals surface area contributed by atoms with Crippen molar-refractivity contribution >= 4 is 11.6 Å². The first-order valence-electron chi connectivity index (χ1n) is 6.00. The Labute approximate surface area is 103 Å². The highest BCUT2D eigenvalue weighted by Crippen LogP contribution is 2.21. The number of nitrogens with zero attached hydrogens (tertiary/aromatic N) is 3. The summed E-state index contributed by atoms with van der Waals surface area (Å²) in [7, 11) is 1.70. The second kappa shape index (κ2) is 6.39. The van der Waals surface area contributed by atoms with Gasteiger partial charge in [-0.1, -0.05) is 6.92 Å². The molecule has 0 radical (unpaired) electrons. The Morgan fingerprint density at radius 1 is 1.29 bits per heavy atom. The van der Waals surface area contributed by atoms with Crippen LogP contribution in [0.3, 0.4) is 0 Å². The minimum Gasteiger partial charge on any atom is -0.383 e. The molecule has 0 unspecified atom stereocenters. The summed E-state index contributed by atoms with van der Waals surface area (Å²) in [5.74, 6) is 2.29. The SMILES string of the molecule is CCc1nc(N)c(C)c(N(CC)CCOC)n1. The predicted molar refractivity (Wildman–Crippen MR) is 70.3 cm³/mol. The number of ether oxygens (including phenoxy) is 1. The molecule has 0 aliphatic rings. The lowest BCUT2D eigenvalue weighted by atomic mass is 10.2. The van der Waals surface area contributed by atoms with Crippen LogP contribution in [-0.2, 0) is 11.2 Å². The number of anilines is 2. The van der Waals surface area contributed by atoms with Crippen LogP contribution >= 0.6 is 0 Å². The third-order valence-corrected chi connectivity index (χ3v) is 2.77. The van der Waals surface area contributed by atoms with Crippen molar-refractivity contribution in [2.45, 2.75) is 27.2 Å². The standard InChI is InChI=1S/C12H22N4O/c1-5-10-14-11(13)9(3)12(15-10)16(6-2)7-8-17-4/h5-8H2,1-4H3,(H2,13,14,15). The highest BCUT2D eigenvalue weighted by Gasteiger charge is 2.13. The van der Waals surface area contributed by atoms with Crippen LogP contribution in [0.15, 0.2) is 0 Å². The zero-order chi connectivity index (χ0) is 12.8. The number of rotatable bonds is 6. The molecule has 96 valence electrons. The Kier molecular flexibility index (Phi) is 5.15. The second-order valence-electron chi connectivity index (χ2n) is 3.90. The summed E-state index contributed by atoms with van der Waals surface area (Å²) in [6.07, 6.45) is 0.791. The molecule has 0 atom stereocenters. The van der Waals surface area contributed by atoms with Crippen LogP contribution in [0.2, 0.25) is 0 Å². The molecule has 1 rings (SSSR count). The van der Waals surface area contributed by atoms with Crippen molar-refractivity contribution in [3.05, 3.63) is 11.4 Å². The molecule has 0 fully saturated rings. The molecule has 1 aromatic heterocycles. The van der Waals surface area contributed by atoms with Crippen LogP contribution in [-0.4, -0.2) is 36.8 Å². The molecule has 1 heterocycles. The molecule has 0 aromatic carbocycles. The summed E-state index contributed by atoms with van der Waals surface area (Å²) >= 11 is 0. The van der Waals surface area contributed by atoms with E-state index < -0.39 is 0 Å². The maximum absolute atomic E-state index is 5.91. The first kappa shape index (κ1) is 13.7. The summed E-state index contributed by atoms with van der Waals surface area (Å²) in [5, 5.41) is 0. The van der Waals surface area contributed by atoms with Crippen LogP contribution in [0.4, 0.5) is 11.6 Å². The van der Waals surface area contributed by atoms with E-state index in [4.69, 9.17) is 10.5 Å². The molecule has 0 aliphatic heterocycles. The van der Waals surface area contributed by atoms with Gasteiger partial charge in [-0.2, -0.15) is 0 Å². The molecule has 0 saturated heterocycles. The molecule has 0 bridgehead atoms. The Hall–Kier alpha value is -1.36. The highest BCUT2D eigenvalue weighted by atomic mass is 16.5. The van der Waals surface area contributed by atoms with Gasteiger partial charge in [-0.25, -0.2) is 9.97 Å². The fraction of sp³-hybridized carbons (Fsp3) is 0.667. The maximum atomic E-state index is 5.91. The third-order valence-electron chi connectivity index (χ3n) is 2.77. The summed E-state index contributed by atoms with van der Waals surface area (Å²) in [5.41, 5.74) is 6.85. The van der Waals surface area contributed by atoms with Gasteiger partial charge in [0.05, 0.1) is 6.61 Å². The van der Waals surface area contributed by atoms with Crippen molar-refractivity contribution in [3.63, 3.8) is 0 Å². The van der Waals surface area contributed by atoms with E-state index in [0.717, 1.165) is 36.7 Å². The van der Waals surface area contributed by atoms with E-state index in [-0.39, 0.29) is 0 Å². The van der Waals surface area contributed by atoms with Crippen molar-refractivity contribution in [2.75, 3.05) is 37.4 Å². The lowest BCUT2D eigenvalue weighted by Gasteiger charge is -2.24. The topological polar surface area (TPSA) is 64.3 Å². The Balaban J connectivity index is 3.04. The fourth-order valence-electron chi connectivity index (χ4n) is 1.65. The smallest absolute Gasteiger partial charge is 0.137 e. The van der Waals surface area contributed by atoms with Gasteiger partial charge in [-0.3, -0.25) is 0 Å². The van der Waals surface area contributed by atoms with Gasteiger partial charge in [0.15, 0.2) is 0 Å². The summed E-state index contributed by atoms with van der Waals surface area (Å²) in [6.45, 7) is 8.45. The van der Waals surface area contributed by atoms with Gasteiger partial charge < -0.3 is 15.4 Å². The van der Waals surface area contributed by atoms with Crippen molar-refractivity contribution in [1.82, 2.24) is 9.97 Å². The lowest BCUT2D eigenvalue weighted by Crippen LogP contribution is -2.29. The van der Waals surface area contributed by atoms with Gasteiger partial charge in [0.2, 0.25) is 0 Å². The van der Waals surface area contributed by atoms with Gasteiger partial charge in [-0.05, 0) is 13.8 Å². The van der Waals surface area contributed by atoms with E-state index in [1.54, 1.807) is 7.11 Å². The molecule has 2 N–H and O–H groups in total. The quantitative estimate of drug-likeness (QED) is 0.811. The molecule has 0 saturated carbocycles. The average Bonchev–Trinajstić information content (AvgIpc) is 2.34. The van der Waals surface area contributed by atoms with Crippen LogP contribution in [0.5, 0.6) is 0 Å². The zero-order valence-electron chi connectivity index (χ0n) is 11.2. The van der Waals surface area contributed by atoms with Gasteiger partial charge in [0, 0.05) is 32.2 Å².